The predicted octanol–water partition coefficient (Wildman–Crippen LogP) is 2.05. The van der Waals surface area contributed by atoms with Gasteiger partial charge in [0.05, 0.1) is 6.61 Å². The van der Waals surface area contributed by atoms with Crippen molar-refractivity contribution in [1.29, 1.82) is 0 Å². The fourth-order valence-corrected chi connectivity index (χ4v) is 2.55. The van der Waals surface area contributed by atoms with Crippen LogP contribution in [-0.4, -0.2) is 26.3 Å². The number of ether oxygens (including phenoxy) is 1. The van der Waals surface area contributed by atoms with Crippen molar-refractivity contribution in [1.82, 2.24) is 5.32 Å². The van der Waals surface area contributed by atoms with Crippen LogP contribution in [0.15, 0.2) is 0 Å². The smallest absolute Gasteiger partial charge is 0.0618 e. The lowest BCUT2D eigenvalue weighted by Gasteiger charge is -2.26. The van der Waals surface area contributed by atoms with Crippen LogP contribution in [0, 0.1) is 11.8 Å². The fourth-order valence-electron chi connectivity index (χ4n) is 2.55. The van der Waals surface area contributed by atoms with Crippen molar-refractivity contribution in [2.24, 2.45) is 11.8 Å². The van der Waals surface area contributed by atoms with E-state index in [1.54, 1.807) is 7.11 Å². The first kappa shape index (κ1) is 11.0. The summed E-state index contributed by atoms with van der Waals surface area (Å²) in [6.45, 7) is 6.46. The highest BCUT2D eigenvalue weighted by molar-refractivity contribution is 4.84. The Balaban J connectivity index is 2.42. The molecular formula is C11H23NO. The normalized spacial score (nSPS) is 30.7. The van der Waals surface area contributed by atoms with E-state index in [4.69, 9.17) is 4.74 Å². The molecule has 3 atom stereocenters. The van der Waals surface area contributed by atoms with Crippen molar-refractivity contribution in [3.63, 3.8) is 0 Å². The second-order valence-corrected chi connectivity index (χ2v) is 4.19. The van der Waals surface area contributed by atoms with Gasteiger partial charge in [-0.25, -0.2) is 0 Å². The van der Waals surface area contributed by atoms with E-state index in [0.29, 0.717) is 6.04 Å². The molecule has 0 aromatic heterocycles. The van der Waals surface area contributed by atoms with Crippen LogP contribution >= 0.6 is 0 Å². The summed E-state index contributed by atoms with van der Waals surface area (Å²) < 4.78 is 5.25. The summed E-state index contributed by atoms with van der Waals surface area (Å²) in [5, 5.41) is 3.53. The molecule has 2 nitrogen and oxygen atoms in total. The monoisotopic (exact) mass is 185 g/mol. The number of nitrogens with one attached hydrogen (secondary N) is 1. The lowest BCUT2D eigenvalue weighted by molar-refractivity contribution is 0.130. The molecule has 0 saturated heterocycles. The molecule has 1 aliphatic carbocycles. The van der Waals surface area contributed by atoms with Gasteiger partial charge in [0.15, 0.2) is 0 Å². The van der Waals surface area contributed by atoms with Gasteiger partial charge in [0.1, 0.15) is 0 Å². The van der Waals surface area contributed by atoms with Crippen LogP contribution in [0.4, 0.5) is 0 Å². The molecule has 78 valence electrons. The Morgan fingerprint density at radius 2 is 2.23 bits per heavy atom. The summed E-state index contributed by atoms with van der Waals surface area (Å²) in [5.74, 6) is 1.71. The maximum Gasteiger partial charge on any atom is 0.0618 e. The van der Waals surface area contributed by atoms with Crippen molar-refractivity contribution >= 4 is 0 Å². The molecule has 1 rings (SSSR count). The molecule has 0 aromatic carbocycles. The predicted molar refractivity (Wildman–Crippen MR) is 55.8 cm³/mol. The van der Waals surface area contributed by atoms with E-state index in [1.807, 2.05) is 0 Å². The topological polar surface area (TPSA) is 21.3 Å². The number of methoxy groups -OCH3 is 1. The third-order valence-electron chi connectivity index (χ3n) is 3.26. The number of hydrogen-bond acceptors (Lipinski definition) is 2. The Hall–Kier alpha value is -0.0800. The van der Waals surface area contributed by atoms with Crippen molar-refractivity contribution < 1.29 is 4.74 Å². The highest BCUT2D eigenvalue weighted by Gasteiger charge is 2.30. The van der Waals surface area contributed by atoms with Crippen LogP contribution < -0.4 is 5.32 Å². The van der Waals surface area contributed by atoms with Gasteiger partial charge in [0.2, 0.25) is 0 Å². The van der Waals surface area contributed by atoms with Crippen LogP contribution in [0.5, 0.6) is 0 Å². The van der Waals surface area contributed by atoms with Crippen LogP contribution in [0.3, 0.4) is 0 Å². The summed E-state index contributed by atoms with van der Waals surface area (Å²) in [4.78, 5) is 0. The molecule has 0 spiro atoms. The summed E-state index contributed by atoms with van der Waals surface area (Å²) in [6, 6.07) is 0.576. The maximum atomic E-state index is 5.25. The molecule has 13 heavy (non-hydrogen) atoms. The van der Waals surface area contributed by atoms with Gasteiger partial charge in [-0.15, -0.1) is 0 Å². The third-order valence-corrected chi connectivity index (χ3v) is 3.26. The summed E-state index contributed by atoms with van der Waals surface area (Å²) >= 11 is 0. The molecule has 1 fully saturated rings. The average Bonchev–Trinajstić information content (AvgIpc) is 2.51. The first-order valence-electron chi connectivity index (χ1n) is 5.52. The van der Waals surface area contributed by atoms with Gasteiger partial charge >= 0.3 is 0 Å². The third kappa shape index (κ3) is 2.96. The first-order valence-corrected chi connectivity index (χ1v) is 5.52. The van der Waals surface area contributed by atoms with Crippen LogP contribution in [0.25, 0.3) is 0 Å². The zero-order chi connectivity index (χ0) is 9.68. The van der Waals surface area contributed by atoms with Gasteiger partial charge in [-0.05, 0) is 24.8 Å². The van der Waals surface area contributed by atoms with Crippen LogP contribution in [0.2, 0.25) is 0 Å². The van der Waals surface area contributed by atoms with Gasteiger partial charge in [0, 0.05) is 13.2 Å². The van der Waals surface area contributed by atoms with E-state index in [1.165, 1.54) is 19.3 Å². The van der Waals surface area contributed by atoms with E-state index in [0.717, 1.165) is 25.0 Å². The molecule has 0 heterocycles. The Morgan fingerprint density at radius 3 is 2.69 bits per heavy atom. The van der Waals surface area contributed by atoms with Crippen molar-refractivity contribution in [2.45, 2.75) is 39.2 Å². The highest BCUT2D eigenvalue weighted by atomic mass is 16.5. The van der Waals surface area contributed by atoms with E-state index >= 15 is 0 Å². The minimum atomic E-state index is 0.576. The molecule has 0 radical (unpaired) electrons. The first-order chi connectivity index (χ1) is 6.29. The summed E-state index contributed by atoms with van der Waals surface area (Å²) in [6.07, 6.45) is 4.18. The highest BCUT2D eigenvalue weighted by Crippen LogP contribution is 2.33. The molecule has 3 unspecified atom stereocenters. The second-order valence-electron chi connectivity index (χ2n) is 4.19. The Labute approximate surface area is 82.0 Å². The lowest BCUT2D eigenvalue weighted by atomic mass is 9.90. The number of likely N-dealkylation sites (N-methyl/N-ethyl adjacent to an activating group) is 1. The molecule has 1 saturated carbocycles. The Bertz CT molecular complexity index is 132. The molecule has 1 N–H and O–H groups in total. The zero-order valence-corrected chi connectivity index (χ0v) is 9.18. The van der Waals surface area contributed by atoms with Gasteiger partial charge < -0.3 is 10.1 Å². The van der Waals surface area contributed by atoms with Crippen LogP contribution in [0.1, 0.15) is 33.1 Å². The second kappa shape index (κ2) is 5.61. The van der Waals surface area contributed by atoms with E-state index in [-0.39, 0.29) is 0 Å². The standard InChI is InChI=1S/C11H23NO/c1-4-12-11(8-13-3)10-7-5-6-9(10)2/h9-12H,4-8H2,1-3H3. The Kier molecular flexibility index (Phi) is 4.74. The van der Waals surface area contributed by atoms with E-state index in [2.05, 4.69) is 19.2 Å². The quantitative estimate of drug-likeness (QED) is 0.708. The van der Waals surface area contributed by atoms with Crippen molar-refractivity contribution in [3.8, 4) is 0 Å². The average molecular weight is 185 g/mol. The summed E-state index contributed by atoms with van der Waals surface area (Å²) in [5.41, 5.74) is 0. The van der Waals surface area contributed by atoms with E-state index in [9.17, 15) is 0 Å². The number of hydrogen-bond donors (Lipinski definition) is 1. The molecule has 0 bridgehead atoms. The van der Waals surface area contributed by atoms with Crippen LogP contribution in [-0.2, 0) is 4.74 Å². The molecule has 0 aromatic rings. The zero-order valence-electron chi connectivity index (χ0n) is 9.18. The minimum absolute atomic E-state index is 0.576. The van der Waals surface area contributed by atoms with E-state index < -0.39 is 0 Å². The van der Waals surface area contributed by atoms with Crippen molar-refractivity contribution in [3.05, 3.63) is 0 Å². The van der Waals surface area contributed by atoms with Gasteiger partial charge in [-0.2, -0.15) is 0 Å². The van der Waals surface area contributed by atoms with Gasteiger partial charge in [0.25, 0.3) is 0 Å². The Morgan fingerprint density at radius 1 is 1.46 bits per heavy atom. The number of rotatable bonds is 5. The molecule has 1 aliphatic rings. The summed E-state index contributed by atoms with van der Waals surface area (Å²) in [7, 11) is 1.80. The lowest BCUT2D eigenvalue weighted by Crippen LogP contribution is -2.40. The molecule has 0 amide bonds. The van der Waals surface area contributed by atoms with Crippen molar-refractivity contribution in [2.75, 3.05) is 20.3 Å². The molecule has 0 aliphatic heterocycles. The largest absolute Gasteiger partial charge is 0.383 e. The SMILES string of the molecule is CCNC(COC)C1CCCC1C. The fraction of sp³-hybridized carbons (Fsp3) is 1.00. The maximum absolute atomic E-state index is 5.25. The van der Waals surface area contributed by atoms with Gasteiger partial charge in [-0.1, -0.05) is 26.7 Å². The van der Waals surface area contributed by atoms with Gasteiger partial charge in [-0.3, -0.25) is 0 Å². The molecule has 2 heteroatoms. The minimum Gasteiger partial charge on any atom is -0.383 e. The molecular weight excluding hydrogens is 162 g/mol.